The summed E-state index contributed by atoms with van der Waals surface area (Å²) in [6, 6.07) is 23.7. The van der Waals surface area contributed by atoms with Crippen molar-refractivity contribution in [3.05, 3.63) is 114 Å². The monoisotopic (exact) mass is 1140 g/mol. The molecule has 0 radical (unpaired) electrons. The van der Waals surface area contributed by atoms with Gasteiger partial charge in [-0.05, 0) is 142 Å². The number of rotatable bonds is 17. The molecule has 3 aromatic rings. The molecule has 0 aliphatic carbocycles. The van der Waals surface area contributed by atoms with Gasteiger partial charge in [0.2, 0.25) is 17.7 Å². The highest BCUT2D eigenvalue weighted by atomic mass is 16.5. The molecule has 0 bridgehead atoms. The number of amides is 3. The number of esters is 1. The van der Waals surface area contributed by atoms with E-state index in [1.165, 1.54) is 12.2 Å². The molecule has 83 heavy (non-hydrogen) atoms. The average molecular weight is 1140 g/mol. The highest BCUT2D eigenvalue weighted by Crippen LogP contribution is 2.25. The Kier molecular flexibility index (Phi) is 25.3. The summed E-state index contributed by atoms with van der Waals surface area (Å²) in [5.74, 6) is 1.76. The molecule has 0 saturated carbocycles. The second-order valence-electron chi connectivity index (χ2n) is 21.5. The van der Waals surface area contributed by atoms with Gasteiger partial charge in [-0.15, -0.1) is 0 Å². The summed E-state index contributed by atoms with van der Waals surface area (Å²) in [6.45, 7) is 11.7. The number of likely N-dealkylation sites (tertiary alicyclic amines) is 3. The Balaban J connectivity index is 0.000000179. The number of carboxylic acids is 2. The fourth-order valence-electron chi connectivity index (χ4n) is 10.5. The average Bonchev–Trinajstić information content (AvgIpc) is 3.50. The standard InChI is InChI=1S/C22H30N4O3.C20H28N4O3.C20H26N4O3/c1-2-29-21(28)8-7-17-9-13-26(14-10-17)20(27)16-18-5-3-6-19(15-18)25-22-23-11-4-12-24-22;2*25-18(24-11-7-15(8-12-24)5-6-19(26)27)14-16-3-1-4-17(13-16)23-20-21-9-2-10-22-20/h3,5-8,15,17H,2,4,9-14,16H2,1H3,(H2,23,24,25);1,3-4,13,15H,2,5-12,14H2,(H,26,27)(H2,21,22,23);1,3-6,13,15H,2,7-12,14H2,(H,26,27)(H2,21,22,23)/b8-7+;;6-5+. The summed E-state index contributed by atoms with van der Waals surface area (Å²) in [7, 11) is 0. The zero-order valence-corrected chi connectivity index (χ0v) is 48.0. The zero-order valence-electron chi connectivity index (χ0n) is 48.0. The third-order valence-corrected chi connectivity index (χ3v) is 15.1. The molecule has 3 saturated heterocycles. The summed E-state index contributed by atoms with van der Waals surface area (Å²) in [6.07, 6.45) is 16.7. The lowest BCUT2D eigenvalue weighted by atomic mass is 9.92. The fourth-order valence-corrected chi connectivity index (χ4v) is 10.5. The summed E-state index contributed by atoms with van der Waals surface area (Å²) >= 11 is 0. The highest BCUT2D eigenvalue weighted by molar-refractivity contribution is 5.95. The number of nitrogens with zero attached hydrogens (tertiary/aromatic N) is 6. The van der Waals surface area contributed by atoms with Crippen molar-refractivity contribution in [2.45, 2.75) is 96.8 Å². The van der Waals surface area contributed by atoms with E-state index < -0.39 is 11.9 Å². The van der Waals surface area contributed by atoms with Crippen LogP contribution in [-0.4, -0.2) is 164 Å². The van der Waals surface area contributed by atoms with Crippen LogP contribution in [0.5, 0.6) is 0 Å². The van der Waals surface area contributed by atoms with E-state index in [2.05, 4.69) is 46.9 Å². The first-order chi connectivity index (χ1) is 40.3. The first-order valence-electron chi connectivity index (χ1n) is 29.6. The largest absolute Gasteiger partial charge is 0.481 e. The van der Waals surface area contributed by atoms with E-state index in [9.17, 15) is 28.8 Å². The van der Waals surface area contributed by atoms with Crippen molar-refractivity contribution in [1.82, 2.24) is 30.7 Å². The van der Waals surface area contributed by atoms with Crippen LogP contribution in [0.3, 0.4) is 0 Å². The second-order valence-corrected chi connectivity index (χ2v) is 21.5. The van der Waals surface area contributed by atoms with Gasteiger partial charge >= 0.3 is 17.9 Å². The molecule has 3 fully saturated rings. The topological polar surface area (TPSA) is 271 Å². The predicted octanol–water partition coefficient (Wildman–Crippen LogP) is 6.31. The summed E-state index contributed by atoms with van der Waals surface area (Å²) in [5.41, 5.74) is 5.72. The van der Waals surface area contributed by atoms with Gasteiger partial charge in [0.05, 0.1) is 25.9 Å². The maximum atomic E-state index is 12.7. The first kappa shape index (κ1) is 62.4. The van der Waals surface area contributed by atoms with Gasteiger partial charge in [-0.3, -0.25) is 34.2 Å². The van der Waals surface area contributed by atoms with Gasteiger partial charge in [0.25, 0.3) is 0 Å². The number of hydrogen-bond acceptors (Lipinski definition) is 16. The number of aliphatic imine (C=N–C) groups is 3. The van der Waals surface area contributed by atoms with Crippen LogP contribution in [0.15, 0.2) is 112 Å². The number of benzene rings is 3. The minimum atomic E-state index is -0.920. The molecule has 8 N–H and O–H groups in total. The molecule has 21 heteroatoms. The van der Waals surface area contributed by atoms with E-state index >= 15 is 0 Å². The maximum Gasteiger partial charge on any atom is 0.330 e. The van der Waals surface area contributed by atoms with Crippen LogP contribution in [0.4, 0.5) is 17.1 Å². The van der Waals surface area contributed by atoms with Crippen molar-refractivity contribution in [3.8, 4) is 0 Å². The van der Waals surface area contributed by atoms with E-state index in [0.29, 0.717) is 57.2 Å². The fraction of sp³-hybridized carbons (Fsp3) is 0.500. The molecule has 6 heterocycles. The predicted molar refractivity (Wildman–Crippen MR) is 323 cm³/mol. The van der Waals surface area contributed by atoms with Crippen LogP contribution in [0.2, 0.25) is 0 Å². The molecule has 0 spiro atoms. The van der Waals surface area contributed by atoms with Gasteiger partial charge in [0.1, 0.15) is 0 Å². The van der Waals surface area contributed by atoms with Crippen molar-refractivity contribution in [1.29, 1.82) is 0 Å². The van der Waals surface area contributed by atoms with Crippen molar-refractivity contribution in [2.75, 3.05) is 101 Å². The molecule has 3 amide bonds. The third-order valence-electron chi connectivity index (χ3n) is 15.1. The number of piperidine rings is 3. The normalized spacial score (nSPS) is 17.8. The lowest BCUT2D eigenvalue weighted by Crippen LogP contribution is -2.39. The Bertz CT molecular complexity index is 2790. The molecule has 0 atom stereocenters. The lowest BCUT2D eigenvalue weighted by Gasteiger charge is -2.32. The van der Waals surface area contributed by atoms with Crippen LogP contribution in [0.25, 0.3) is 0 Å². The van der Waals surface area contributed by atoms with E-state index in [0.717, 1.165) is 175 Å². The number of nitrogens with one attached hydrogen (secondary N) is 6. The van der Waals surface area contributed by atoms with E-state index in [1.54, 1.807) is 13.0 Å². The molecule has 6 aliphatic rings. The van der Waals surface area contributed by atoms with Crippen LogP contribution in [0.1, 0.15) is 94.2 Å². The minimum Gasteiger partial charge on any atom is -0.481 e. The second kappa shape index (κ2) is 33.6. The van der Waals surface area contributed by atoms with Gasteiger partial charge in [-0.2, -0.15) is 0 Å². The number of allylic oxidation sites excluding steroid dienone is 2. The molecule has 9 rings (SSSR count). The first-order valence-corrected chi connectivity index (χ1v) is 29.6. The summed E-state index contributed by atoms with van der Waals surface area (Å²) in [4.78, 5) is 89.6. The Hall–Kier alpha value is -8.23. The Morgan fingerprint density at radius 1 is 0.554 bits per heavy atom. The highest BCUT2D eigenvalue weighted by Gasteiger charge is 2.25. The van der Waals surface area contributed by atoms with Gasteiger partial charge in [0, 0.05) is 114 Å². The van der Waals surface area contributed by atoms with E-state index in [-0.39, 0.29) is 36.0 Å². The quantitative estimate of drug-likeness (QED) is 0.0544. The van der Waals surface area contributed by atoms with Crippen molar-refractivity contribution < 1.29 is 43.7 Å². The van der Waals surface area contributed by atoms with Crippen molar-refractivity contribution in [3.63, 3.8) is 0 Å². The Labute approximate surface area is 487 Å². The number of carboxylic acid groups (broad SMARTS) is 2. The minimum absolute atomic E-state index is 0.112. The molecule has 3 aromatic carbocycles. The van der Waals surface area contributed by atoms with Crippen LogP contribution < -0.4 is 31.9 Å². The summed E-state index contributed by atoms with van der Waals surface area (Å²) in [5, 5.41) is 37.0. The van der Waals surface area contributed by atoms with E-state index in [4.69, 9.17) is 14.9 Å². The molecule has 0 aromatic heterocycles. The van der Waals surface area contributed by atoms with Crippen LogP contribution >= 0.6 is 0 Å². The SMILES string of the molecule is CCOC(=O)/C=C/C1CCN(C(=O)Cc2cccc(NC3=NCCCN3)c2)CC1.O=C(O)/C=C/C1CCN(C(=O)Cc2cccc(NC3=NCCCN3)c2)CC1.O=C(O)CCC1CCN(C(=O)Cc2cccc(NC3=NCCCN3)c2)CC1. The number of aliphatic carboxylic acids is 2. The Morgan fingerprint density at radius 2 is 0.928 bits per heavy atom. The smallest absolute Gasteiger partial charge is 0.330 e. The Morgan fingerprint density at radius 3 is 1.27 bits per heavy atom. The maximum absolute atomic E-state index is 12.7. The molecular weight excluding hydrogens is 1060 g/mol. The van der Waals surface area contributed by atoms with Gasteiger partial charge < -0.3 is 61.6 Å². The number of guanidine groups is 3. The number of hydrogen-bond donors (Lipinski definition) is 8. The number of ether oxygens (including phenoxy) is 1. The zero-order chi connectivity index (χ0) is 58.6. The van der Waals surface area contributed by atoms with E-state index in [1.807, 2.05) is 93.6 Å². The van der Waals surface area contributed by atoms with Gasteiger partial charge in [0.15, 0.2) is 17.9 Å². The van der Waals surface area contributed by atoms with Gasteiger partial charge in [-0.1, -0.05) is 48.6 Å². The number of carbonyl (C=O) groups excluding carboxylic acids is 4. The molecule has 21 nitrogen and oxygen atoms in total. The van der Waals surface area contributed by atoms with Crippen molar-refractivity contribution in [2.24, 2.45) is 32.7 Å². The third kappa shape index (κ3) is 22.6. The molecular formula is C62H84N12O9. The van der Waals surface area contributed by atoms with Crippen molar-refractivity contribution >= 4 is 70.6 Å². The molecule has 0 unspecified atom stereocenters. The number of anilines is 3. The number of carbonyl (C=O) groups is 6. The lowest BCUT2D eigenvalue weighted by molar-refractivity contribution is -0.138. The summed E-state index contributed by atoms with van der Waals surface area (Å²) < 4.78 is 4.91. The molecule has 6 aliphatic heterocycles. The molecule has 446 valence electrons. The van der Waals surface area contributed by atoms with Crippen LogP contribution in [-0.2, 0) is 52.8 Å². The van der Waals surface area contributed by atoms with Gasteiger partial charge in [-0.25, -0.2) is 9.59 Å². The van der Waals surface area contributed by atoms with Crippen LogP contribution in [0, 0.1) is 17.8 Å².